The minimum Gasteiger partial charge on any atom is -0.115 e. The van der Waals surface area contributed by atoms with Crippen molar-refractivity contribution in [2.24, 2.45) is 0 Å². The van der Waals surface area contributed by atoms with Crippen LogP contribution in [0.3, 0.4) is 0 Å². The third-order valence-corrected chi connectivity index (χ3v) is 1.48. The molecule has 0 bridgehead atoms. The Labute approximate surface area is 54.6 Å². The van der Waals surface area contributed by atoms with Gasteiger partial charge in [0, 0.05) is 10.4 Å². The van der Waals surface area contributed by atoms with Gasteiger partial charge in [0.05, 0.1) is 0 Å². The molecule has 1 heteroatoms. The van der Waals surface area contributed by atoms with Gasteiger partial charge in [0.25, 0.3) is 0 Å². The molecule has 1 aliphatic carbocycles. The van der Waals surface area contributed by atoms with Crippen molar-refractivity contribution >= 4 is 17.1 Å². The summed E-state index contributed by atoms with van der Waals surface area (Å²) >= 11 is 4.89. The largest absolute Gasteiger partial charge is 0.115 e. The Morgan fingerprint density at radius 3 is 2.62 bits per heavy atom. The molecule has 0 atom stereocenters. The lowest BCUT2D eigenvalue weighted by molar-refractivity contribution is 1.11. The third kappa shape index (κ3) is 0.962. The van der Waals surface area contributed by atoms with Gasteiger partial charge in [-0.25, -0.2) is 0 Å². The molecule has 0 aromatic carbocycles. The molecule has 0 nitrogen and oxygen atoms in total. The molecule has 0 radical (unpaired) electrons. The summed E-state index contributed by atoms with van der Waals surface area (Å²) in [5.74, 6) is 2.57. The third-order valence-electron chi connectivity index (χ3n) is 1.16. The highest BCUT2D eigenvalue weighted by Crippen LogP contribution is 2.14. The monoisotopic (exact) mass is 122 g/mol. The van der Waals surface area contributed by atoms with Crippen LogP contribution in [0.2, 0.25) is 0 Å². The van der Waals surface area contributed by atoms with Crippen molar-refractivity contribution in [2.45, 2.75) is 12.8 Å². The molecule has 0 unspecified atom stereocenters. The average molecular weight is 122 g/mol. The summed E-state index contributed by atoms with van der Waals surface area (Å²) in [5, 5.41) is 0. The molecule has 0 fully saturated rings. The van der Waals surface area contributed by atoms with Crippen molar-refractivity contribution in [3.63, 3.8) is 0 Å². The van der Waals surface area contributed by atoms with E-state index in [1.165, 1.54) is 0 Å². The van der Waals surface area contributed by atoms with E-state index < -0.39 is 0 Å². The minimum absolute atomic E-state index is 0.981. The van der Waals surface area contributed by atoms with E-state index in [4.69, 9.17) is 18.6 Å². The van der Waals surface area contributed by atoms with Gasteiger partial charge in [-0.3, -0.25) is 0 Å². The van der Waals surface area contributed by atoms with E-state index in [0.717, 1.165) is 23.3 Å². The quantitative estimate of drug-likeness (QED) is 0.348. The van der Waals surface area contributed by atoms with Crippen LogP contribution in [0.25, 0.3) is 0 Å². The lowest BCUT2D eigenvalue weighted by atomic mass is 10.2. The van der Waals surface area contributed by atoms with Crippen LogP contribution in [-0.2, 0) is 0 Å². The Balaban J connectivity index is 2.75. The van der Waals surface area contributed by atoms with Crippen LogP contribution < -0.4 is 0 Å². The Morgan fingerprint density at radius 1 is 1.62 bits per heavy atom. The van der Waals surface area contributed by atoms with Crippen molar-refractivity contribution in [3.8, 4) is 12.3 Å². The van der Waals surface area contributed by atoms with Crippen LogP contribution in [0.1, 0.15) is 12.8 Å². The van der Waals surface area contributed by atoms with Gasteiger partial charge in [0.1, 0.15) is 0 Å². The molecule has 8 heavy (non-hydrogen) atoms. The first-order chi connectivity index (χ1) is 3.83. The van der Waals surface area contributed by atoms with Crippen molar-refractivity contribution in [2.75, 3.05) is 0 Å². The predicted octanol–water partition coefficient (Wildman–Crippen LogP) is 1.71. The fourth-order valence-corrected chi connectivity index (χ4v) is 0.955. The molecule has 0 spiro atoms. The molecule has 40 valence electrons. The normalized spacial score (nSPS) is 17.9. The lowest BCUT2D eigenvalue weighted by Crippen LogP contribution is -1.75. The summed E-state index contributed by atoms with van der Waals surface area (Å²) < 4.78 is 0. The maximum Gasteiger partial charge on any atom is 0.0164 e. The Morgan fingerprint density at radius 2 is 2.38 bits per heavy atom. The van der Waals surface area contributed by atoms with Crippen LogP contribution in [-0.4, -0.2) is 4.86 Å². The van der Waals surface area contributed by atoms with E-state index in [2.05, 4.69) is 5.92 Å². The summed E-state index contributed by atoms with van der Waals surface area (Å²) in [6, 6.07) is 0. The Bertz CT molecular complexity index is 181. The molecular formula is C7H6S. The first-order valence-corrected chi connectivity index (χ1v) is 2.94. The number of hydrogen-bond donors (Lipinski definition) is 0. The van der Waals surface area contributed by atoms with Gasteiger partial charge in [-0.2, -0.15) is 0 Å². The Kier molecular flexibility index (Phi) is 1.45. The first-order valence-electron chi connectivity index (χ1n) is 2.53. The number of rotatable bonds is 0. The zero-order chi connectivity index (χ0) is 5.98. The van der Waals surface area contributed by atoms with E-state index in [-0.39, 0.29) is 0 Å². The average Bonchev–Trinajstić information content (AvgIpc) is 2.14. The standard InChI is InChI=1S/C7H6S/c1-2-6-3-4-7(8)5-6/h1,5H,3-4H2. The molecular weight excluding hydrogens is 116 g/mol. The molecule has 0 aliphatic heterocycles. The highest BCUT2D eigenvalue weighted by Gasteiger charge is 2.04. The summed E-state index contributed by atoms with van der Waals surface area (Å²) in [5.41, 5.74) is 1.05. The van der Waals surface area contributed by atoms with Gasteiger partial charge in [-0.15, -0.1) is 6.42 Å². The molecule has 1 aliphatic rings. The van der Waals surface area contributed by atoms with Crippen LogP contribution in [0.5, 0.6) is 0 Å². The number of hydrogen-bond acceptors (Lipinski definition) is 1. The summed E-state index contributed by atoms with van der Waals surface area (Å²) in [6.07, 6.45) is 8.99. The molecule has 0 saturated heterocycles. The smallest absolute Gasteiger partial charge is 0.0164 e. The summed E-state index contributed by atoms with van der Waals surface area (Å²) in [4.78, 5) is 0.998. The van der Waals surface area contributed by atoms with Gasteiger partial charge in [0.2, 0.25) is 0 Å². The van der Waals surface area contributed by atoms with Crippen molar-refractivity contribution < 1.29 is 0 Å². The van der Waals surface area contributed by atoms with Crippen LogP contribution >= 0.6 is 12.2 Å². The van der Waals surface area contributed by atoms with E-state index in [0.29, 0.717) is 0 Å². The van der Waals surface area contributed by atoms with Crippen molar-refractivity contribution in [3.05, 3.63) is 11.6 Å². The van der Waals surface area contributed by atoms with Gasteiger partial charge >= 0.3 is 0 Å². The SMILES string of the molecule is C#CC1=CC(=S)CC1. The number of terminal acetylenes is 1. The first kappa shape index (κ1) is 5.53. The van der Waals surface area contributed by atoms with E-state index >= 15 is 0 Å². The maximum atomic E-state index is 5.12. The lowest BCUT2D eigenvalue weighted by Gasteiger charge is -1.79. The molecule has 0 N–H and O–H groups in total. The topological polar surface area (TPSA) is 0 Å². The van der Waals surface area contributed by atoms with Crippen molar-refractivity contribution in [1.29, 1.82) is 0 Å². The van der Waals surface area contributed by atoms with Crippen LogP contribution in [0.15, 0.2) is 11.6 Å². The molecule has 0 aromatic heterocycles. The van der Waals surface area contributed by atoms with Crippen molar-refractivity contribution in [1.82, 2.24) is 0 Å². The second-order valence-corrected chi connectivity index (χ2v) is 2.30. The second-order valence-electron chi connectivity index (χ2n) is 1.78. The van der Waals surface area contributed by atoms with Gasteiger partial charge in [0.15, 0.2) is 0 Å². The van der Waals surface area contributed by atoms with Gasteiger partial charge in [-0.1, -0.05) is 18.1 Å². The van der Waals surface area contributed by atoms with Gasteiger partial charge < -0.3 is 0 Å². The zero-order valence-electron chi connectivity index (χ0n) is 4.48. The predicted molar refractivity (Wildman–Crippen MR) is 38.7 cm³/mol. The molecule has 0 aromatic rings. The number of allylic oxidation sites excluding steroid dienone is 2. The summed E-state index contributed by atoms with van der Waals surface area (Å²) in [7, 11) is 0. The number of thiocarbonyl (C=S) groups is 1. The Hall–Kier alpha value is -0.610. The molecule has 0 heterocycles. The molecule has 0 amide bonds. The summed E-state index contributed by atoms with van der Waals surface area (Å²) in [6.45, 7) is 0. The van der Waals surface area contributed by atoms with Crippen LogP contribution in [0.4, 0.5) is 0 Å². The minimum atomic E-state index is 0.981. The van der Waals surface area contributed by atoms with Gasteiger partial charge in [-0.05, 0) is 18.9 Å². The highest BCUT2D eigenvalue weighted by molar-refractivity contribution is 7.80. The molecule has 1 rings (SSSR count). The van der Waals surface area contributed by atoms with E-state index in [1.54, 1.807) is 0 Å². The van der Waals surface area contributed by atoms with Crippen LogP contribution in [0, 0.1) is 12.3 Å². The van der Waals surface area contributed by atoms with E-state index in [1.807, 2.05) is 6.08 Å². The zero-order valence-corrected chi connectivity index (χ0v) is 5.29. The second kappa shape index (κ2) is 2.11. The van der Waals surface area contributed by atoms with E-state index in [9.17, 15) is 0 Å². The fourth-order valence-electron chi connectivity index (χ4n) is 0.710. The fraction of sp³-hybridized carbons (Fsp3) is 0.286. The molecule has 0 saturated carbocycles. The highest BCUT2D eigenvalue weighted by atomic mass is 32.1. The maximum absolute atomic E-state index is 5.12.